The van der Waals surface area contributed by atoms with Crippen molar-refractivity contribution < 1.29 is 14.3 Å². The number of halogens is 2. The van der Waals surface area contributed by atoms with E-state index in [1.54, 1.807) is 6.07 Å². The average molecular weight is 273 g/mol. The summed E-state index contributed by atoms with van der Waals surface area (Å²) in [6.07, 6.45) is -0.205. The topological polar surface area (TPSA) is 66.0 Å². The third kappa shape index (κ3) is 1.99. The molecule has 0 saturated carbocycles. The van der Waals surface area contributed by atoms with Gasteiger partial charge in [0.05, 0.1) is 11.9 Å². The number of imidazole rings is 1. The van der Waals surface area contributed by atoms with E-state index in [0.717, 1.165) is 0 Å². The molecule has 0 aliphatic heterocycles. The molecule has 4 nitrogen and oxygen atoms in total. The number of benzene rings is 1. The van der Waals surface area contributed by atoms with Crippen LogP contribution in [-0.2, 0) is 11.2 Å². The maximum absolute atomic E-state index is 13.4. The number of hydrogen-bond donors (Lipinski definition) is 2. The minimum Gasteiger partial charge on any atom is -0.481 e. The summed E-state index contributed by atoms with van der Waals surface area (Å²) < 4.78 is 13.8. The van der Waals surface area contributed by atoms with Gasteiger partial charge in [-0.1, -0.05) is 0 Å². The SMILES string of the molecule is O=C(O)Cc1cc(F)c2nc(Br)[nH]c2c1. The van der Waals surface area contributed by atoms with Crippen LogP contribution < -0.4 is 0 Å². The molecule has 2 aromatic rings. The summed E-state index contributed by atoms with van der Waals surface area (Å²) >= 11 is 3.08. The van der Waals surface area contributed by atoms with Crippen LogP contribution in [0.4, 0.5) is 4.39 Å². The van der Waals surface area contributed by atoms with E-state index in [-0.39, 0.29) is 11.9 Å². The number of aliphatic carboxylic acids is 1. The van der Waals surface area contributed by atoms with Crippen LogP contribution in [0.5, 0.6) is 0 Å². The van der Waals surface area contributed by atoms with Crippen molar-refractivity contribution in [3.63, 3.8) is 0 Å². The number of carboxylic acid groups (broad SMARTS) is 1. The zero-order chi connectivity index (χ0) is 11.0. The molecule has 1 heterocycles. The summed E-state index contributed by atoms with van der Waals surface area (Å²) in [7, 11) is 0. The number of nitrogens with one attached hydrogen (secondary N) is 1. The van der Waals surface area contributed by atoms with Gasteiger partial charge >= 0.3 is 5.97 Å². The van der Waals surface area contributed by atoms with E-state index >= 15 is 0 Å². The summed E-state index contributed by atoms with van der Waals surface area (Å²) in [5.74, 6) is -1.52. The van der Waals surface area contributed by atoms with Crippen molar-refractivity contribution in [2.45, 2.75) is 6.42 Å². The molecule has 0 saturated heterocycles. The van der Waals surface area contributed by atoms with Crippen LogP contribution in [0.15, 0.2) is 16.9 Å². The molecule has 0 spiro atoms. The van der Waals surface area contributed by atoms with Crippen LogP contribution in [0.2, 0.25) is 0 Å². The van der Waals surface area contributed by atoms with Gasteiger partial charge in [0.15, 0.2) is 10.6 Å². The van der Waals surface area contributed by atoms with Gasteiger partial charge < -0.3 is 10.1 Å². The number of carboxylic acids is 1. The molecule has 0 radical (unpaired) electrons. The van der Waals surface area contributed by atoms with Crippen LogP contribution >= 0.6 is 15.9 Å². The van der Waals surface area contributed by atoms with Crippen molar-refractivity contribution in [2.24, 2.45) is 0 Å². The Kier molecular flexibility index (Phi) is 2.44. The van der Waals surface area contributed by atoms with Gasteiger partial charge in [0, 0.05) is 0 Å². The van der Waals surface area contributed by atoms with Gasteiger partial charge in [0.2, 0.25) is 0 Å². The Bertz CT molecular complexity index is 538. The quantitative estimate of drug-likeness (QED) is 0.880. The van der Waals surface area contributed by atoms with Crippen LogP contribution in [0.25, 0.3) is 11.0 Å². The zero-order valence-electron chi connectivity index (χ0n) is 7.42. The highest BCUT2D eigenvalue weighted by atomic mass is 79.9. The van der Waals surface area contributed by atoms with Crippen LogP contribution in [0.1, 0.15) is 5.56 Å². The van der Waals surface area contributed by atoms with Crippen LogP contribution in [0, 0.1) is 5.82 Å². The normalized spacial score (nSPS) is 10.8. The zero-order valence-corrected chi connectivity index (χ0v) is 9.01. The highest BCUT2D eigenvalue weighted by Crippen LogP contribution is 2.20. The van der Waals surface area contributed by atoms with E-state index in [1.807, 2.05) is 0 Å². The number of nitrogens with zero attached hydrogens (tertiary/aromatic N) is 1. The predicted molar refractivity (Wildman–Crippen MR) is 55.1 cm³/mol. The van der Waals surface area contributed by atoms with Crippen LogP contribution in [0.3, 0.4) is 0 Å². The van der Waals surface area contributed by atoms with Gasteiger partial charge in [-0.3, -0.25) is 4.79 Å². The summed E-state index contributed by atoms with van der Waals surface area (Å²) in [4.78, 5) is 17.1. The molecule has 6 heteroatoms. The van der Waals surface area contributed by atoms with E-state index in [4.69, 9.17) is 5.11 Å². The largest absolute Gasteiger partial charge is 0.481 e. The van der Waals surface area contributed by atoms with Gasteiger partial charge in [0.25, 0.3) is 0 Å². The Morgan fingerprint density at radius 1 is 1.60 bits per heavy atom. The lowest BCUT2D eigenvalue weighted by atomic mass is 10.1. The molecule has 1 aromatic carbocycles. The van der Waals surface area contributed by atoms with E-state index < -0.39 is 11.8 Å². The molecule has 0 atom stereocenters. The molecule has 1 aromatic heterocycles. The molecule has 2 rings (SSSR count). The van der Waals surface area contributed by atoms with Gasteiger partial charge in [-0.05, 0) is 33.6 Å². The van der Waals surface area contributed by atoms with E-state index in [1.165, 1.54) is 6.07 Å². The molecule has 0 amide bonds. The van der Waals surface area contributed by atoms with E-state index in [9.17, 15) is 9.18 Å². The molecule has 2 N–H and O–H groups in total. The minimum absolute atomic E-state index is 0.205. The van der Waals surface area contributed by atoms with Crippen molar-refractivity contribution >= 4 is 32.9 Å². The number of rotatable bonds is 2. The number of carbonyl (C=O) groups is 1. The standard InChI is InChI=1S/C9H6BrFN2O2/c10-9-12-6-2-4(3-7(14)15)1-5(11)8(6)13-9/h1-2H,3H2,(H,12,13)(H,14,15). The predicted octanol–water partition coefficient (Wildman–Crippen LogP) is 2.09. The monoisotopic (exact) mass is 272 g/mol. The van der Waals surface area contributed by atoms with Gasteiger partial charge in [0.1, 0.15) is 5.52 Å². The van der Waals surface area contributed by atoms with Crippen molar-refractivity contribution in [2.75, 3.05) is 0 Å². The Balaban J connectivity index is 2.56. The average Bonchev–Trinajstić information content (AvgIpc) is 2.44. The first-order valence-electron chi connectivity index (χ1n) is 4.11. The lowest BCUT2D eigenvalue weighted by Crippen LogP contribution is -2.00. The molecule has 0 aliphatic carbocycles. The first kappa shape index (κ1) is 10.1. The number of aromatic nitrogens is 2. The molecule has 15 heavy (non-hydrogen) atoms. The second kappa shape index (κ2) is 3.62. The molecular formula is C9H6BrFN2O2. The fraction of sp³-hybridized carbons (Fsp3) is 0.111. The number of hydrogen-bond acceptors (Lipinski definition) is 2. The molecule has 0 fully saturated rings. The third-order valence-electron chi connectivity index (χ3n) is 1.93. The number of fused-ring (bicyclic) bond motifs is 1. The molecule has 0 aliphatic rings. The van der Waals surface area contributed by atoms with Crippen molar-refractivity contribution in [1.82, 2.24) is 9.97 Å². The highest BCUT2D eigenvalue weighted by molar-refractivity contribution is 9.10. The maximum atomic E-state index is 13.4. The fourth-order valence-corrected chi connectivity index (χ4v) is 1.77. The third-order valence-corrected chi connectivity index (χ3v) is 2.30. The number of H-pyrrole nitrogens is 1. The smallest absolute Gasteiger partial charge is 0.307 e. The molecular weight excluding hydrogens is 267 g/mol. The van der Waals surface area contributed by atoms with Crippen molar-refractivity contribution in [1.29, 1.82) is 0 Å². The Hall–Kier alpha value is -1.43. The second-order valence-electron chi connectivity index (χ2n) is 3.07. The summed E-state index contributed by atoms with van der Waals surface area (Å²) in [6, 6.07) is 2.76. The molecule has 78 valence electrons. The second-order valence-corrected chi connectivity index (χ2v) is 3.82. The van der Waals surface area contributed by atoms with Crippen LogP contribution in [-0.4, -0.2) is 21.0 Å². The van der Waals surface area contributed by atoms with Crippen molar-refractivity contribution in [3.05, 3.63) is 28.2 Å². The highest BCUT2D eigenvalue weighted by Gasteiger charge is 2.10. The first-order chi connectivity index (χ1) is 7.06. The molecule has 0 bridgehead atoms. The first-order valence-corrected chi connectivity index (χ1v) is 4.91. The van der Waals surface area contributed by atoms with Gasteiger partial charge in [-0.15, -0.1) is 0 Å². The number of aromatic amines is 1. The van der Waals surface area contributed by atoms with E-state index in [2.05, 4.69) is 25.9 Å². The van der Waals surface area contributed by atoms with Gasteiger partial charge in [-0.2, -0.15) is 0 Å². The Morgan fingerprint density at radius 2 is 2.33 bits per heavy atom. The lowest BCUT2D eigenvalue weighted by Gasteiger charge is -1.97. The Morgan fingerprint density at radius 3 is 3.00 bits per heavy atom. The van der Waals surface area contributed by atoms with Gasteiger partial charge in [-0.25, -0.2) is 9.37 Å². The minimum atomic E-state index is -0.993. The van der Waals surface area contributed by atoms with E-state index in [0.29, 0.717) is 15.8 Å². The fourth-order valence-electron chi connectivity index (χ4n) is 1.38. The molecule has 0 unspecified atom stereocenters. The Labute approximate surface area is 92.3 Å². The summed E-state index contributed by atoms with van der Waals surface area (Å²) in [5, 5.41) is 8.58. The summed E-state index contributed by atoms with van der Waals surface area (Å²) in [5.41, 5.74) is 1.10. The lowest BCUT2D eigenvalue weighted by molar-refractivity contribution is -0.136. The van der Waals surface area contributed by atoms with Crippen molar-refractivity contribution in [3.8, 4) is 0 Å². The summed E-state index contributed by atoms with van der Waals surface area (Å²) in [6.45, 7) is 0. The maximum Gasteiger partial charge on any atom is 0.307 e.